The Morgan fingerprint density at radius 1 is 0.692 bits per heavy atom. The summed E-state index contributed by atoms with van der Waals surface area (Å²) in [4.78, 5) is 0. The first kappa shape index (κ1) is 8.06. The molecule has 0 fully saturated rings. The van der Waals surface area contributed by atoms with E-state index in [1.165, 1.54) is 5.56 Å². The molecule has 62 valence electrons. The van der Waals surface area contributed by atoms with Crippen LogP contribution in [0.2, 0.25) is 0 Å². The molecule has 0 nitrogen and oxygen atoms in total. The Morgan fingerprint density at radius 3 is 2.00 bits per heavy atom. The normalized spacial score (nSPS) is 9.92. The van der Waals surface area contributed by atoms with Crippen molar-refractivity contribution in [1.82, 2.24) is 0 Å². The fourth-order valence-corrected chi connectivity index (χ4v) is 1.38. The number of benzene rings is 2. The molecule has 0 aliphatic rings. The van der Waals surface area contributed by atoms with E-state index in [-0.39, 0.29) is 0 Å². The van der Waals surface area contributed by atoms with Crippen molar-refractivity contribution in [3.05, 3.63) is 67.1 Å². The second-order valence-electron chi connectivity index (χ2n) is 2.95. The van der Waals surface area contributed by atoms with Crippen LogP contribution in [0.3, 0.4) is 0 Å². The number of hydrogen-bond donors (Lipinski definition) is 0. The van der Waals surface area contributed by atoms with Crippen LogP contribution in [0.25, 0.3) is 11.1 Å². The summed E-state index contributed by atoms with van der Waals surface area (Å²) in [6, 6.07) is 18.1. The van der Waals surface area contributed by atoms with Gasteiger partial charge in [0.2, 0.25) is 0 Å². The molecule has 0 heterocycles. The van der Waals surface area contributed by atoms with E-state index >= 15 is 0 Å². The third kappa shape index (κ3) is 1.62. The minimum Gasteiger partial charge on any atom is -0.0622 e. The van der Waals surface area contributed by atoms with Crippen molar-refractivity contribution in [3.8, 4) is 11.1 Å². The van der Waals surface area contributed by atoms with Gasteiger partial charge in [0.1, 0.15) is 0 Å². The van der Waals surface area contributed by atoms with Crippen LogP contribution in [0, 0.1) is 6.92 Å². The van der Waals surface area contributed by atoms with Gasteiger partial charge in [-0.2, -0.15) is 0 Å². The molecule has 0 amide bonds. The van der Waals surface area contributed by atoms with Gasteiger partial charge in [0.15, 0.2) is 0 Å². The van der Waals surface area contributed by atoms with Crippen molar-refractivity contribution in [2.75, 3.05) is 0 Å². The van der Waals surface area contributed by atoms with Crippen LogP contribution in [0.4, 0.5) is 0 Å². The van der Waals surface area contributed by atoms with Gasteiger partial charge in [-0.25, -0.2) is 0 Å². The molecule has 0 N–H and O–H groups in total. The SMILES string of the molecule is [CH]c1ccccc1-c1ccccc1. The molecule has 2 rings (SSSR count). The average Bonchev–Trinajstić information content (AvgIpc) is 2.20. The highest BCUT2D eigenvalue weighted by molar-refractivity contribution is 5.67. The Kier molecular flexibility index (Phi) is 2.13. The zero-order valence-corrected chi connectivity index (χ0v) is 7.27. The summed E-state index contributed by atoms with van der Waals surface area (Å²) in [5.41, 5.74) is 3.09. The van der Waals surface area contributed by atoms with Crippen molar-refractivity contribution < 1.29 is 0 Å². The van der Waals surface area contributed by atoms with Gasteiger partial charge < -0.3 is 0 Å². The summed E-state index contributed by atoms with van der Waals surface area (Å²) < 4.78 is 0. The molecule has 2 aromatic carbocycles. The van der Waals surface area contributed by atoms with Crippen molar-refractivity contribution in [2.24, 2.45) is 0 Å². The molecular formula is C13H10. The second-order valence-corrected chi connectivity index (χ2v) is 2.95. The minimum absolute atomic E-state index is 0.828. The van der Waals surface area contributed by atoms with Crippen LogP contribution in [0.15, 0.2) is 54.6 Å². The summed E-state index contributed by atoms with van der Waals surface area (Å²) in [6.45, 7) is 5.85. The monoisotopic (exact) mass is 166 g/mol. The van der Waals surface area contributed by atoms with E-state index in [1.807, 2.05) is 42.5 Å². The summed E-state index contributed by atoms with van der Waals surface area (Å²) in [5.74, 6) is 0. The third-order valence-electron chi connectivity index (χ3n) is 2.05. The van der Waals surface area contributed by atoms with E-state index in [9.17, 15) is 0 Å². The zero-order valence-electron chi connectivity index (χ0n) is 7.27. The molecule has 2 radical (unpaired) electrons. The Bertz CT molecular complexity index is 388. The highest BCUT2D eigenvalue weighted by Crippen LogP contribution is 2.21. The maximum absolute atomic E-state index is 5.85. The predicted molar refractivity (Wildman–Crippen MR) is 55.3 cm³/mol. The first-order valence-corrected chi connectivity index (χ1v) is 4.28. The minimum atomic E-state index is 0.828. The van der Waals surface area contributed by atoms with E-state index in [2.05, 4.69) is 12.1 Å². The smallest absolute Gasteiger partial charge is 0.000545 e. The van der Waals surface area contributed by atoms with Crippen molar-refractivity contribution in [3.63, 3.8) is 0 Å². The maximum atomic E-state index is 5.85. The molecule has 2 aromatic rings. The molecule has 0 spiro atoms. The van der Waals surface area contributed by atoms with E-state index in [0.29, 0.717) is 0 Å². The van der Waals surface area contributed by atoms with Gasteiger partial charge in [0.25, 0.3) is 0 Å². The number of hydrogen-bond acceptors (Lipinski definition) is 0. The van der Waals surface area contributed by atoms with E-state index in [0.717, 1.165) is 11.1 Å². The van der Waals surface area contributed by atoms with E-state index < -0.39 is 0 Å². The second kappa shape index (κ2) is 3.44. The summed E-state index contributed by atoms with van der Waals surface area (Å²) in [7, 11) is 0. The first-order chi connectivity index (χ1) is 6.38. The van der Waals surface area contributed by atoms with Gasteiger partial charge in [0.05, 0.1) is 0 Å². The Labute approximate surface area is 78.9 Å². The lowest BCUT2D eigenvalue weighted by Gasteiger charge is -2.03. The topological polar surface area (TPSA) is 0 Å². The largest absolute Gasteiger partial charge is 0.0622 e. The number of rotatable bonds is 1. The Morgan fingerprint density at radius 2 is 1.31 bits per heavy atom. The molecule has 0 saturated heterocycles. The van der Waals surface area contributed by atoms with Crippen LogP contribution in [0.1, 0.15) is 5.56 Å². The summed E-state index contributed by atoms with van der Waals surface area (Å²) in [6.07, 6.45) is 0. The lowest BCUT2D eigenvalue weighted by atomic mass is 10.0. The van der Waals surface area contributed by atoms with Crippen molar-refractivity contribution in [2.45, 2.75) is 0 Å². The molecule has 0 saturated carbocycles. The molecule has 0 unspecified atom stereocenters. The fraction of sp³-hybridized carbons (Fsp3) is 0. The molecule has 0 heteroatoms. The Balaban J connectivity index is 2.54. The maximum Gasteiger partial charge on any atom is -0.000545 e. The van der Waals surface area contributed by atoms with Gasteiger partial charge >= 0.3 is 0 Å². The van der Waals surface area contributed by atoms with Crippen LogP contribution in [0.5, 0.6) is 0 Å². The Hall–Kier alpha value is -1.56. The van der Waals surface area contributed by atoms with Crippen LogP contribution in [-0.4, -0.2) is 0 Å². The molecule has 0 aliphatic carbocycles. The van der Waals surface area contributed by atoms with E-state index in [4.69, 9.17) is 6.92 Å². The highest BCUT2D eigenvalue weighted by atomic mass is 14.0. The standard InChI is InChI=1S/C13H10/c1-11-7-5-6-10-13(11)12-8-3-2-4-9-12/h1-10H. The quantitative estimate of drug-likeness (QED) is 0.609. The lowest BCUT2D eigenvalue weighted by molar-refractivity contribution is 1.56. The van der Waals surface area contributed by atoms with Crippen molar-refractivity contribution in [1.29, 1.82) is 0 Å². The first-order valence-electron chi connectivity index (χ1n) is 4.28. The fourth-order valence-electron chi connectivity index (χ4n) is 1.38. The van der Waals surface area contributed by atoms with Crippen LogP contribution < -0.4 is 0 Å². The van der Waals surface area contributed by atoms with Gasteiger partial charge in [-0.05, 0) is 23.6 Å². The molecule has 0 atom stereocenters. The van der Waals surface area contributed by atoms with Gasteiger partial charge in [-0.15, -0.1) is 0 Å². The predicted octanol–water partition coefficient (Wildman–Crippen LogP) is 3.41. The highest BCUT2D eigenvalue weighted by Gasteiger charge is 1.98. The summed E-state index contributed by atoms with van der Waals surface area (Å²) >= 11 is 0. The zero-order chi connectivity index (χ0) is 9.10. The molecule has 0 aromatic heterocycles. The molecule has 0 aliphatic heterocycles. The van der Waals surface area contributed by atoms with Crippen LogP contribution in [-0.2, 0) is 0 Å². The third-order valence-corrected chi connectivity index (χ3v) is 2.05. The van der Waals surface area contributed by atoms with Crippen LogP contribution >= 0.6 is 0 Å². The van der Waals surface area contributed by atoms with Gasteiger partial charge in [-0.3, -0.25) is 0 Å². The molecule has 13 heavy (non-hydrogen) atoms. The average molecular weight is 166 g/mol. The van der Waals surface area contributed by atoms with E-state index in [1.54, 1.807) is 0 Å². The van der Waals surface area contributed by atoms with Gasteiger partial charge in [-0.1, -0.05) is 54.6 Å². The summed E-state index contributed by atoms with van der Waals surface area (Å²) in [5, 5.41) is 0. The van der Waals surface area contributed by atoms with Crippen molar-refractivity contribution >= 4 is 0 Å². The van der Waals surface area contributed by atoms with Gasteiger partial charge in [0, 0.05) is 0 Å². The molecule has 0 bridgehead atoms. The molecular weight excluding hydrogens is 156 g/mol. The lowest BCUT2D eigenvalue weighted by Crippen LogP contribution is -1.80.